The summed E-state index contributed by atoms with van der Waals surface area (Å²) in [6.07, 6.45) is 0. The Kier molecular flexibility index (Phi) is 6.42. The second-order valence-corrected chi connectivity index (χ2v) is 8.90. The number of aromatic nitrogens is 2. The van der Waals surface area contributed by atoms with Gasteiger partial charge in [-0.05, 0) is 46.0 Å². The van der Waals surface area contributed by atoms with Gasteiger partial charge in [-0.25, -0.2) is 0 Å². The minimum absolute atomic E-state index is 0.199. The Morgan fingerprint density at radius 3 is 2.77 bits per heavy atom. The Bertz CT molecular complexity index is 784. The molecule has 2 aromatic rings. The fourth-order valence-electron chi connectivity index (χ4n) is 3.05. The molecular weight excluding hydrogens is 412 g/mol. The molecule has 0 bridgehead atoms. The van der Waals surface area contributed by atoms with Gasteiger partial charge in [-0.15, -0.1) is 0 Å². The first-order valence-corrected chi connectivity index (χ1v) is 10.9. The summed E-state index contributed by atoms with van der Waals surface area (Å²) >= 11 is 5.52. The maximum atomic E-state index is 12.7. The number of nitrogens with zero attached hydrogens (tertiary/aromatic N) is 2. The number of aromatic amines is 1. The molecule has 1 saturated heterocycles. The Hall–Kier alpha value is -1.31. The summed E-state index contributed by atoms with van der Waals surface area (Å²) in [5.74, 6) is 2.46. The Balaban J connectivity index is 1.75. The quantitative estimate of drug-likeness (QED) is 0.728. The third kappa shape index (κ3) is 4.32. The summed E-state index contributed by atoms with van der Waals surface area (Å²) in [6.45, 7) is 9.37. The van der Waals surface area contributed by atoms with E-state index in [-0.39, 0.29) is 11.8 Å². The van der Waals surface area contributed by atoms with E-state index in [1.54, 1.807) is 0 Å². The molecule has 140 valence electrons. The predicted molar refractivity (Wildman–Crippen MR) is 112 cm³/mol. The summed E-state index contributed by atoms with van der Waals surface area (Å²) in [4.78, 5) is 15.2. The molecule has 1 fully saturated rings. The number of amides is 1. The van der Waals surface area contributed by atoms with Crippen molar-refractivity contribution in [3.8, 4) is 0 Å². The number of benzene rings is 1. The van der Waals surface area contributed by atoms with E-state index in [1.165, 1.54) is 17.1 Å². The third-order valence-electron chi connectivity index (χ3n) is 4.72. The molecule has 2 N–H and O–H groups in total. The topological polar surface area (TPSA) is 61.0 Å². The smallest absolute Gasteiger partial charge is 0.277 e. The molecule has 26 heavy (non-hydrogen) atoms. The summed E-state index contributed by atoms with van der Waals surface area (Å²) < 4.78 is 0.740. The maximum Gasteiger partial charge on any atom is 0.277 e. The van der Waals surface area contributed by atoms with Crippen LogP contribution in [0.25, 0.3) is 0 Å². The van der Waals surface area contributed by atoms with E-state index in [4.69, 9.17) is 0 Å². The van der Waals surface area contributed by atoms with E-state index in [1.807, 2.05) is 23.9 Å². The number of thioether (sulfide) groups is 1. The first-order valence-electron chi connectivity index (χ1n) is 8.91. The lowest BCUT2D eigenvalue weighted by molar-refractivity contribution is 0.102. The number of halogens is 1. The molecule has 3 rings (SSSR count). The molecule has 0 spiro atoms. The average Bonchev–Trinajstić information content (AvgIpc) is 3.01. The van der Waals surface area contributed by atoms with Crippen LogP contribution in [0.1, 0.15) is 47.1 Å². The van der Waals surface area contributed by atoms with Gasteiger partial charge >= 0.3 is 0 Å². The van der Waals surface area contributed by atoms with Gasteiger partial charge in [0.2, 0.25) is 0 Å². The van der Waals surface area contributed by atoms with E-state index in [2.05, 4.69) is 63.2 Å². The van der Waals surface area contributed by atoms with Crippen LogP contribution in [-0.2, 0) is 6.54 Å². The van der Waals surface area contributed by atoms with Crippen molar-refractivity contribution in [1.82, 2.24) is 15.1 Å². The van der Waals surface area contributed by atoms with E-state index >= 15 is 0 Å². The van der Waals surface area contributed by atoms with Crippen LogP contribution in [0.15, 0.2) is 22.7 Å². The van der Waals surface area contributed by atoms with Gasteiger partial charge < -0.3 is 5.32 Å². The molecule has 0 unspecified atom stereocenters. The molecule has 2 heterocycles. The summed E-state index contributed by atoms with van der Waals surface area (Å²) in [5.41, 5.74) is 4.56. The third-order valence-corrected chi connectivity index (χ3v) is 6.46. The van der Waals surface area contributed by atoms with Crippen LogP contribution in [0, 0.1) is 6.92 Å². The highest BCUT2D eigenvalue weighted by Crippen LogP contribution is 2.27. The number of nitrogens with one attached hydrogen (secondary N) is 2. The van der Waals surface area contributed by atoms with Crippen LogP contribution in [0.4, 0.5) is 5.69 Å². The first kappa shape index (κ1) is 19.5. The van der Waals surface area contributed by atoms with Crippen LogP contribution in [0.5, 0.6) is 0 Å². The molecule has 0 aliphatic carbocycles. The zero-order valence-electron chi connectivity index (χ0n) is 15.4. The Labute approximate surface area is 167 Å². The molecule has 1 aromatic carbocycles. The number of anilines is 1. The molecule has 1 aliphatic heterocycles. The number of H-pyrrole nitrogens is 1. The van der Waals surface area contributed by atoms with Gasteiger partial charge in [0.05, 0.1) is 10.2 Å². The monoisotopic (exact) mass is 436 g/mol. The SMILES string of the molecule is Cc1c(CN2CCSCC2)cccc1NC(=O)c1n[nH]c(C(C)C)c1Br. The molecule has 5 nitrogen and oxygen atoms in total. The highest BCUT2D eigenvalue weighted by Gasteiger charge is 2.20. The highest BCUT2D eigenvalue weighted by atomic mass is 79.9. The van der Waals surface area contributed by atoms with Crippen molar-refractivity contribution < 1.29 is 4.79 Å². The Morgan fingerprint density at radius 1 is 1.38 bits per heavy atom. The summed E-state index contributed by atoms with van der Waals surface area (Å²) in [5, 5.41) is 10.2. The number of carbonyl (C=O) groups is 1. The van der Waals surface area contributed by atoms with Crippen molar-refractivity contribution in [1.29, 1.82) is 0 Å². The summed E-state index contributed by atoms with van der Waals surface area (Å²) in [6, 6.07) is 6.11. The normalized spacial score (nSPS) is 15.4. The van der Waals surface area contributed by atoms with Gasteiger partial charge in [0.25, 0.3) is 5.91 Å². The number of hydrogen-bond acceptors (Lipinski definition) is 4. The zero-order valence-corrected chi connectivity index (χ0v) is 17.8. The zero-order chi connectivity index (χ0) is 18.7. The van der Waals surface area contributed by atoms with Crippen molar-refractivity contribution in [3.05, 3.63) is 45.2 Å². The van der Waals surface area contributed by atoms with Crippen LogP contribution >= 0.6 is 27.7 Å². The molecule has 1 amide bonds. The van der Waals surface area contributed by atoms with Crippen LogP contribution in [0.2, 0.25) is 0 Å². The molecule has 7 heteroatoms. The van der Waals surface area contributed by atoms with Crippen LogP contribution < -0.4 is 5.32 Å². The first-order chi connectivity index (χ1) is 12.5. The van der Waals surface area contributed by atoms with Crippen LogP contribution in [0.3, 0.4) is 0 Å². The lowest BCUT2D eigenvalue weighted by Gasteiger charge is -2.27. The highest BCUT2D eigenvalue weighted by molar-refractivity contribution is 9.10. The number of carbonyl (C=O) groups excluding carboxylic acids is 1. The van der Waals surface area contributed by atoms with Crippen LogP contribution in [-0.4, -0.2) is 45.6 Å². The molecule has 0 saturated carbocycles. The molecule has 0 radical (unpaired) electrons. The second kappa shape index (κ2) is 8.59. The number of hydrogen-bond donors (Lipinski definition) is 2. The van der Waals surface area contributed by atoms with Gasteiger partial charge in [0.1, 0.15) is 0 Å². The maximum absolute atomic E-state index is 12.7. The van der Waals surface area contributed by atoms with E-state index < -0.39 is 0 Å². The predicted octanol–water partition coefficient (Wildman–Crippen LogP) is 4.41. The largest absolute Gasteiger partial charge is 0.320 e. The number of rotatable bonds is 5. The van der Waals surface area contributed by atoms with Crippen molar-refractivity contribution in [2.24, 2.45) is 0 Å². The van der Waals surface area contributed by atoms with Gasteiger partial charge in [0.15, 0.2) is 5.69 Å². The summed E-state index contributed by atoms with van der Waals surface area (Å²) in [7, 11) is 0. The lowest BCUT2D eigenvalue weighted by atomic mass is 10.1. The standard InChI is InChI=1S/C19H25BrN4OS/c1-12(2)17-16(20)18(23-22-17)19(25)21-15-6-4-5-14(13(15)3)11-24-7-9-26-10-8-24/h4-6,12H,7-11H2,1-3H3,(H,21,25)(H,22,23). The minimum atomic E-state index is -0.199. The van der Waals surface area contributed by atoms with Crippen molar-refractivity contribution in [3.63, 3.8) is 0 Å². The molecule has 0 atom stereocenters. The molecular formula is C19H25BrN4OS. The molecule has 1 aromatic heterocycles. The average molecular weight is 437 g/mol. The van der Waals surface area contributed by atoms with E-state index in [0.717, 1.165) is 41.1 Å². The minimum Gasteiger partial charge on any atom is -0.320 e. The Morgan fingerprint density at radius 2 is 2.12 bits per heavy atom. The van der Waals surface area contributed by atoms with Gasteiger partial charge in [0, 0.05) is 36.8 Å². The lowest BCUT2D eigenvalue weighted by Crippen LogP contribution is -2.32. The van der Waals surface area contributed by atoms with Crippen molar-refractivity contribution in [2.75, 3.05) is 29.9 Å². The fraction of sp³-hybridized carbons (Fsp3) is 0.474. The molecule has 1 aliphatic rings. The fourth-order valence-corrected chi connectivity index (χ4v) is 4.84. The second-order valence-electron chi connectivity index (χ2n) is 6.89. The van der Waals surface area contributed by atoms with E-state index in [0.29, 0.717) is 5.69 Å². The van der Waals surface area contributed by atoms with Gasteiger partial charge in [-0.2, -0.15) is 16.9 Å². The van der Waals surface area contributed by atoms with E-state index in [9.17, 15) is 4.79 Å². The van der Waals surface area contributed by atoms with Gasteiger partial charge in [-0.1, -0.05) is 26.0 Å². The van der Waals surface area contributed by atoms with Crippen molar-refractivity contribution >= 4 is 39.3 Å². The van der Waals surface area contributed by atoms with Crippen molar-refractivity contribution in [2.45, 2.75) is 33.2 Å². The van der Waals surface area contributed by atoms with Gasteiger partial charge in [-0.3, -0.25) is 14.8 Å².